The number of carboxylic acids is 1. The number of nitrogens with zero attached hydrogens (tertiary/aromatic N) is 1. The maximum absolute atomic E-state index is 10.8. The van der Waals surface area contributed by atoms with Gasteiger partial charge in [0.25, 0.3) is 0 Å². The largest absolute Gasteiger partial charge is 0.481 e. The molecule has 0 saturated carbocycles. The Morgan fingerprint density at radius 3 is 2.56 bits per heavy atom. The van der Waals surface area contributed by atoms with Gasteiger partial charge >= 0.3 is 5.97 Å². The van der Waals surface area contributed by atoms with Gasteiger partial charge in [0.2, 0.25) is 5.88 Å². The lowest BCUT2D eigenvalue weighted by Gasteiger charge is -2.09. The summed E-state index contributed by atoms with van der Waals surface area (Å²) in [4.78, 5) is 15.2. The molecule has 18 heavy (non-hydrogen) atoms. The summed E-state index contributed by atoms with van der Waals surface area (Å²) in [6.45, 7) is 0. The summed E-state index contributed by atoms with van der Waals surface area (Å²) in [7, 11) is 1.54. The minimum absolute atomic E-state index is 0.0543. The van der Waals surface area contributed by atoms with Crippen molar-refractivity contribution in [2.45, 2.75) is 6.42 Å². The van der Waals surface area contributed by atoms with Gasteiger partial charge in [-0.05, 0) is 5.56 Å². The molecule has 2 rings (SSSR count). The molecule has 1 aromatic heterocycles. The first-order valence-corrected chi connectivity index (χ1v) is 5.52. The van der Waals surface area contributed by atoms with Crippen molar-refractivity contribution in [3.05, 3.63) is 48.0 Å². The van der Waals surface area contributed by atoms with E-state index in [9.17, 15) is 4.79 Å². The fourth-order valence-electron chi connectivity index (χ4n) is 1.74. The highest BCUT2D eigenvalue weighted by molar-refractivity contribution is 5.75. The minimum atomic E-state index is -0.876. The molecule has 0 fully saturated rings. The van der Waals surface area contributed by atoms with E-state index in [-0.39, 0.29) is 6.42 Å². The van der Waals surface area contributed by atoms with E-state index in [1.807, 2.05) is 30.3 Å². The van der Waals surface area contributed by atoms with Gasteiger partial charge in [0, 0.05) is 11.6 Å². The quantitative estimate of drug-likeness (QED) is 0.895. The highest BCUT2D eigenvalue weighted by atomic mass is 16.5. The smallest absolute Gasteiger partial charge is 0.307 e. The molecule has 0 spiro atoms. The van der Waals surface area contributed by atoms with Crippen LogP contribution in [0.25, 0.3) is 11.3 Å². The van der Waals surface area contributed by atoms with E-state index in [2.05, 4.69) is 4.98 Å². The van der Waals surface area contributed by atoms with E-state index in [0.29, 0.717) is 17.1 Å². The molecule has 0 bridgehead atoms. The molecule has 1 aromatic carbocycles. The van der Waals surface area contributed by atoms with Gasteiger partial charge in [0.15, 0.2) is 0 Å². The molecule has 0 unspecified atom stereocenters. The summed E-state index contributed by atoms with van der Waals surface area (Å²) in [5.74, 6) is -0.401. The molecule has 0 aliphatic carbocycles. The van der Waals surface area contributed by atoms with Crippen LogP contribution in [0.5, 0.6) is 5.88 Å². The highest BCUT2D eigenvalue weighted by Gasteiger charge is 2.11. The molecular weight excluding hydrogens is 230 g/mol. The van der Waals surface area contributed by atoms with Gasteiger partial charge in [0.05, 0.1) is 19.2 Å². The van der Waals surface area contributed by atoms with E-state index in [1.165, 1.54) is 7.11 Å². The van der Waals surface area contributed by atoms with Crippen LogP contribution >= 0.6 is 0 Å². The van der Waals surface area contributed by atoms with Crippen molar-refractivity contribution in [2.75, 3.05) is 7.11 Å². The second-order valence-electron chi connectivity index (χ2n) is 3.80. The lowest BCUT2D eigenvalue weighted by molar-refractivity contribution is -0.136. The first-order valence-electron chi connectivity index (χ1n) is 5.52. The van der Waals surface area contributed by atoms with Crippen molar-refractivity contribution < 1.29 is 14.6 Å². The fraction of sp³-hybridized carbons (Fsp3) is 0.143. The Morgan fingerprint density at radius 2 is 1.94 bits per heavy atom. The van der Waals surface area contributed by atoms with E-state index >= 15 is 0 Å². The van der Waals surface area contributed by atoms with Crippen LogP contribution < -0.4 is 4.74 Å². The normalized spacial score (nSPS) is 10.1. The van der Waals surface area contributed by atoms with Gasteiger partial charge in [-0.1, -0.05) is 36.4 Å². The number of pyridine rings is 1. The van der Waals surface area contributed by atoms with Gasteiger partial charge < -0.3 is 9.84 Å². The van der Waals surface area contributed by atoms with Gasteiger partial charge in [-0.3, -0.25) is 4.79 Å². The lowest BCUT2D eigenvalue weighted by atomic mass is 10.0. The molecular formula is C14H13NO3. The monoisotopic (exact) mass is 243 g/mol. The topological polar surface area (TPSA) is 59.4 Å². The highest BCUT2D eigenvalue weighted by Crippen LogP contribution is 2.24. The predicted molar refractivity (Wildman–Crippen MR) is 67.6 cm³/mol. The number of hydrogen-bond acceptors (Lipinski definition) is 3. The number of methoxy groups -OCH3 is 1. The molecule has 0 aliphatic heterocycles. The molecule has 4 nitrogen and oxygen atoms in total. The summed E-state index contributed by atoms with van der Waals surface area (Å²) in [6, 6.07) is 12.9. The van der Waals surface area contributed by atoms with Gasteiger partial charge in [-0.2, -0.15) is 0 Å². The number of rotatable bonds is 4. The van der Waals surface area contributed by atoms with Crippen LogP contribution in [0.2, 0.25) is 0 Å². The maximum Gasteiger partial charge on any atom is 0.307 e. The molecule has 4 heteroatoms. The van der Waals surface area contributed by atoms with Crippen LogP contribution in [-0.2, 0) is 11.2 Å². The molecule has 0 radical (unpaired) electrons. The standard InChI is InChI=1S/C14H13NO3/c1-18-12-8-7-11(9-13(16)17)14(15-12)10-5-3-2-4-6-10/h2-8H,9H2,1H3,(H,16,17). The average Bonchev–Trinajstić information content (AvgIpc) is 2.39. The zero-order valence-electron chi connectivity index (χ0n) is 9.96. The Morgan fingerprint density at radius 1 is 1.22 bits per heavy atom. The summed E-state index contributed by atoms with van der Waals surface area (Å²) in [6.07, 6.45) is -0.0543. The molecule has 0 amide bonds. The lowest BCUT2D eigenvalue weighted by Crippen LogP contribution is -2.04. The van der Waals surface area contributed by atoms with Crippen LogP contribution in [0.15, 0.2) is 42.5 Å². The fourth-order valence-corrected chi connectivity index (χ4v) is 1.74. The first kappa shape index (κ1) is 12.1. The molecule has 1 N–H and O–H groups in total. The third-order valence-corrected chi connectivity index (χ3v) is 2.55. The average molecular weight is 243 g/mol. The Balaban J connectivity index is 2.51. The first-order chi connectivity index (χ1) is 8.70. The molecule has 0 aliphatic rings. The minimum Gasteiger partial charge on any atom is -0.481 e. The number of aromatic nitrogens is 1. The van der Waals surface area contributed by atoms with Gasteiger partial charge in [-0.25, -0.2) is 4.98 Å². The van der Waals surface area contributed by atoms with Crippen LogP contribution in [0.3, 0.4) is 0 Å². The van der Waals surface area contributed by atoms with Gasteiger partial charge in [0.1, 0.15) is 0 Å². The Kier molecular flexibility index (Phi) is 3.57. The molecule has 0 saturated heterocycles. The SMILES string of the molecule is COc1ccc(CC(=O)O)c(-c2ccccc2)n1. The van der Waals surface area contributed by atoms with Gasteiger partial charge in [-0.15, -0.1) is 0 Å². The van der Waals surface area contributed by atoms with Crippen molar-refractivity contribution in [1.82, 2.24) is 4.98 Å². The summed E-state index contributed by atoms with van der Waals surface area (Å²) >= 11 is 0. The Hall–Kier alpha value is -2.36. The van der Waals surface area contributed by atoms with E-state index in [0.717, 1.165) is 5.56 Å². The molecule has 0 atom stereocenters. The van der Waals surface area contributed by atoms with E-state index in [4.69, 9.17) is 9.84 Å². The number of ether oxygens (including phenoxy) is 1. The van der Waals surface area contributed by atoms with Crippen molar-refractivity contribution in [2.24, 2.45) is 0 Å². The third kappa shape index (κ3) is 2.66. The van der Waals surface area contributed by atoms with Crippen molar-refractivity contribution in [3.63, 3.8) is 0 Å². The van der Waals surface area contributed by atoms with Crippen molar-refractivity contribution in [1.29, 1.82) is 0 Å². The molecule has 1 heterocycles. The summed E-state index contributed by atoms with van der Waals surface area (Å²) in [5, 5.41) is 8.91. The maximum atomic E-state index is 10.8. The predicted octanol–water partition coefficient (Wildman–Crippen LogP) is 2.38. The molecule has 92 valence electrons. The second kappa shape index (κ2) is 5.31. The number of benzene rings is 1. The van der Waals surface area contributed by atoms with Crippen LogP contribution in [0, 0.1) is 0 Å². The van der Waals surface area contributed by atoms with E-state index < -0.39 is 5.97 Å². The van der Waals surface area contributed by atoms with Crippen LogP contribution in [0.4, 0.5) is 0 Å². The Labute approximate surface area is 105 Å². The number of carbonyl (C=O) groups is 1. The zero-order valence-corrected chi connectivity index (χ0v) is 9.96. The van der Waals surface area contributed by atoms with E-state index in [1.54, 1.807) is 12.1 Å². The third-order valence-electron chi connectivity index (χ3n) is 2.55. The van der Waals surface area contributed by atoms with Crippen LogP contribution in [0.1, 0.15) is 5.56 Å². The number of hydrogen-bond donors (Lipinski definition) is 1. The second-order valence-corrected chi connectivity index (χ2v) is 3.80. The zero-order chi connectivity index (χ0) is 13.0. The van der Waals surface area contributed by atoms with Crippen LogP contribution in [-0.4, -0.2) is 23.2 Å². The number of carboxylic acid groups (broad SMARTS) is 1. The van der Waals surface area contributed by atoms with Crippen molar-refractivity contribution in [3.8, 4) is 17.1 Å². The van der Waals surface area contributed by atoms with Crippen molar-refractivity contribution >= 4 is 5.97 Å². The Bertz CT molecular complexity index is 552. The molecule has 2 aromatic rings. The summed E-state index contributed by atoms with van der Waals surface area (Å²) < 4.78 is 5.08. The number of aliphatic carboxylic acids is 1. The summed E-state index contributed by atoms with van der Waals surface area (Å²) in [5.41, 5.74) is 2.21.